The van der Waals surface area contributed by atoms with Crippen molar-refractivity contribution in [2.75, 3.05) is 7.05 Å². The van der Waals surface area contributed by atoms with E-state index < -0.39 is 10.2 Å². The normalized spacial score (nSPS) is 14.5. The molecule has 0 saturated carbocycles. The summed E-state index contributed by atoms with van der Waals surface area (Å²) in [6.07, 6.45) is 0.380. The molecule has 0 heterocycles. The molecular formula is C8H19N3O2S2. The number of nitrogens with one attached hydrogen (secondary N) is 1. The molecule has 0 rings (SSSR count). The highest BCUT2D eigenvalue weighted by Gasteiger charge is 2.23. The van der Waals surface area contributed by atoms with Crippen molar-refractivity contribution < 1.29 is 8.42 Å². The van der Waals surface area contributed by atoms with Gasteiger partial charge in [0.1, 0.15) is 0 Å². The molecule has 1 unspecified atom stereocenters. The highest BCUT2D eigenvalue weighted by molar-refractivity contribution is 7.87. The van der Waals surface area contributed by atoms with E-state index in [1.54, 1.807) is 20.8 Å². The quantitative estimate of drug-likeness (QED) is 0.664. The van der Waals surface area contributed by atoms with Crippen LogP contribution in [-0.2, 0) is 10.2 Å². The molecule has 0 aromatic rings. The van der Waals surface area contributed by atoms with Gasteiger partial charge < -0.3 is 5.73 Å². The van der Waals surface area contributed by atoms with Crippen molar-refractivity contribution in [1.29, 1.82) is 0 Å². The Labute approximate surface area is 97.2 Å². The van der Waals surface area contributed by atoms with Crippen LogP contribution in [-0.4, -0.2) is 36.8 Å². The van der Waals surface area contributed by atoms with Crippen LogP contribution < -0.4 is 10.5 Å². The predicted octanol–water partition coefficient (Wildman–Crippen LogP) is 0.226. The summed E-state index contributed by atoms with van der Waals surface area (Å²) in [5, 5.41) is 0. The van der Waals surface area contributed by atoms with Crippen LogP contribution in [0.4, 0.5) is 0 Å². The first kappa shape index (κ1) is 14.8. The topological polar surface area (TPSA) is 75.4 Å². The van der Waals surface area contributed by atoms with Crippen LogP contribution in [0.5, 0.6) is 0 Å². The van der Waals surface area contributed by atoms with Crippen LogP contribution in [0.3, 0.4) is 0 Å². The van der Waals surface area contributed by atoms with Crippen molar-refractivity contribution in [3.63, 3.8) is 0 Å². The molecule has 0 saturated heterocycles. The Hall–Kier alpha value is -0.240. The fraction of sp³-hybridized carbons (Fsp3) is 0.875. The Balaban J connectivity index is 4.55. The van der Waals surface area contributed by atoms with Gasteiger partial charge in [0.15, 0.2) is 0 Å². The first-order chi connectivity index (χ1) is 6.66. The average Bonchev–Trinajstić information content (AvgIpc) is 1.98. The molecule has 0 fully saturated rings. The molecule has 0 radical (unpaired) electrons. The maximum atomic E-state index is 11.7. The fourth-order valence-electron chi connectivity index (χ4n) is 1.04. The molecule has 0 aliphatic rings. The zero-order chi connectivity index (χ0) is 12.2. The SMILES string of the molecule is CC(C)NS(=O)(=O)N(C)C(C)CC(N)=S. The Morgan fingerprint density at radius 3 is 2.27 bits per heavy atom. The molecule has 0 aliphatic heterocycles. The Kier molecular flexibility index (Phi) is 5.65. The number of nitrogens with two attached hydrogens (primary N) is 1. The lowest BCUT2D eigenvalue weighted by molar-refractivity contribution is 0.386. The minimum Gasteiger partial charge on any atom is -0.393 e. The summed E-state index contributed by atoms with van der Waals surface area (Å²) in [6.45, 7) is 5.30. The van der Waals surface area contributed by atoms with Crippen molar-refractivity contribution in [2.45, 2.75) is 39.3 Å². The Morgan fingerprint density at radius 1 is 1.47 bits per heavy atom. The highest BCUT2D eigenvalue weighted by atomic mass is 32.2. The molecule has 15 heavy (non-hydrogen) atoms. The van der Waals surface area contributed by atoms with Crippen LogP contribution in [0.1, 0.15) is 27.2 Å². The van der Waals surface area contributed by atoms with Crippen molar-refractivity contribution in [1.82, 2.24) is 9.03 Å². The number of rotatable bonds is 6. The van der Waals surface area contributed by atoms with Gasteiger partial charge in [0.2, 0.25) is 0 Å². The summed E-state index contributed by atoms with van der Waals surface area (Å²) >= 11 is 4.74. The zero-order valence-corrected chi connectivity index (χ0v) is 11.2. The number of nitrogens with zero attached hydrogens (tertiary/aromatic N) is 1. The van der Waals surface area contributed by atoms with E-state index in [-0.39, 0.29) is 12.1 Å². The highest BCUT2D eigenvalue weighted by Crippen LogP contribution is 2.06. The van der Waals surface area contributed by atoms with Crippen LogP contribution in [0.2, 0.25) is 0 Å². The van der Waals surface area contributed by atoms with Crippen LogP contribution in [0, 0.1) is 0 Å². The first-order valence-electron chi connectivity index (χ1n) is 4.70. The van der Waals surface area contributed by atoms with Gasteiger partial charge in [-0.1, -0.05) is 12.2 Å². The van der Waals surface area contributed by atoms with Gasteiger partial charge >= 0.3 is 0 Å². The fourth-order valence-corrected chi connectivity index (χ4v) is 2.59. The Morgan fingerprint density at radius 2 is 1.93 bits per heavy atom. The van der Waals surface area contributed by atoms with E-state index in [0.717, 1.165) is 0 Å². The van der Waals surface area contributed by atoms with Crippen molar-refractivity contribution in [2.24, 2.45) is 5.73 Å². The van der Waals surface area contributed by atoms with Gasteiger partial charge in [-0.15, -0.1) is 0 Å². The third kappa shape index (κ3) is 5.41. The second-order valence-corrected chi connectivity index (χ2v) is 6.10. The van der Waals surface area contributed by atoms with Crippen molar-refractivity contribution in [3.05, 3.63) is 0 Å². The molecule has 1 atom stereocenters. The molecule has 5 nitrogen and oxygen atoms in total. The largest absolute Gasteiger partial charge is 0.393 e. The van der Waals surface area contributed by atoms with E-state index in [1.165, 1.54) is 11.4 Å². The summed E-state index contributed by atoms with van der Waals surface area (Å²) in [5.74, 6) is 0. The monoisotopic (exact) mass is 253 g/mol. The van der Waals surface area contributed by atoms with Crippen LogP contribution >= 0.6 is 12.2 Å². The molecule has 0 aromatic heterocycles. The standard InChI is InChI=1S/C8H19N3O2S2/c1-6(2)10-15(12,13)11(4)7(3)5-8(9)14/h6-7,10H,5H2,1-4H3,(H2,9,14). The van der Waals surface area contributed by atoms with Crippen molar-refractivity contribution >= 4 is 27.4 Å². The molecule has 7 heteroatoms. The molecule has 0 spiro atoms. The summed E-state index contributed by atoms with van der Waals surface area (Å²) in [7, 11) is -1.93. The van der Waals surface area contributed by atoms with Gasteiger partial charge in [-0.05, 0) is 20.8 Å². The molecule has 0 amide bonds. The van der Waals surface area contributed by atoms with E-state index in [2.05, 4.69) is 4.72 Å². The van der Waals surface area contributed by atoms with Gasteiger partial charge in [-0.2, -0.15) is 17.4 Å². The minimum atomic E-state index is -3.44. The lowest BCUT2D eigenvalue weighted by Crippen LogP contribution is -2.46. The van der Waals surface area contributed by atoms with E-state index >= 15 is 0 Å². The first-order valence-corrected chi connectivity index (χ1v) is 6.55. The molecule has 3 N–H and O–H groups in total. The minimum absolute atomic E-state index is 0.130. The smallest absolute Gasteiger partial charge is 0.279 e. The third-order valence-corrected chi connectivity index (χ3v) is 3.94. The van der Waals surface area contributed by atoms with E-state index in [0.29, 0.717) is 11.4 Å². The molecule has 0 aliphatic carbocycles. The van der Waals surface area contributed by atoms with Gasteiger partial charge in [0.25, 0.3) is 10.2 Å². The summed E-state index contributed by atoms with van der Waals surface area (Å²) in [6, 6.07) is -0.367. The second-order valence-electron chi connectivity index (χ2n) is 3.81. The van der Waals surface area contributed by atoms with Gasteiger partial charge in [-0.3, -0.25) is 0 Å². The summed E-state index contributed by atoms with van der Waals surface area (Å²) in [5.41, 5.74) is 5.37. The number of hydrogen-bond donors (Lipinski definition) is 2. The lowest BCUT2D eigenvalue weighted by Gasteiger charge is -2.25. The predicted molar refractivity (Wildman–Crippen MR) is 65.8 cm³/mol. The zero-order valence-electron chi connectivity index (χ0n) is 9.52. The molecular weight excluding hydrogens is 234 g/mol. The van der Waals surface area contributed by atoms with E-state index in [9.17, 15) is 8.42 Å². The maximum absolute atomic E-state index is 11.7. The molecule has 0 bridgehead atoms. The maximum Gasteiger partial charge on any atom is 0.279 e. The van der Waals surface area contributed by atoms with Crippen LogP contribution in [0.25, 0.3) is 0 Å². The van der Waals surface area contributed by atoms with Gasteiger partial charge in [0, 0.05) is 25.6 Å². The molecule has 0 aromatic carbocycles. The van der Waals surface area contributed by atoms with Crippen LogP contribution in [0.15, 0.2) is 0 Å². The van der Waals surface area contributed by atoms with E-state index in [4.69, 9.17) is 18.0 Å². The number of hydrogen-bond acceptors (Lipinski definition) is 3. The second kappa shape index (κ2) is 5.74. The molecule has 90 valence electrons. The average molecular weight is 253 g/mol. The summed E-state index contributed by atoms with van der Waals surface area (Å²) in [4.78, 5) is 0.314. The number of thiocarbonyl (C=S) groups is 1. The summed E-state index contributed by atoms with van der Waals surface area (Å²) < 4.78 is 27.1. The Bertz CT molecular complexity index is 314. The van der Waals surface area contributed by atoms with Gasteiger partial charge in [-0.25, -0.2) is 0 Å². The van der Waals surface area contributed by atoms with Crippen molar-refractivity contribution in [3.8, 4) is 0 Å². The van der Waals surface area contributed by atoms with E-state index in [1.807, 2.05) is 0 Å². The third-order valence-electron chi connectivity index (χ3n) is 1.88. The lowest BCUT2D eigenvalue weighted by atomic mass is 10.2. The van der Waals surface area contributed by atoms with Gasteiger partial charge in [0.05, 0.1) is 4.99 Å².